The molecule has 0 radical (unpaired) electrons. The lowest BCUT2D eigenvalue weighted by atomic mass is 10.2. The Balaban J connectivity index is 1.99. The molecule has 102 valence electrons. The molecule has 0 aliphatic rings. The van der Waals surface area contributed by atoms with Gasteiger partial charge in [-0.15, -0.1) is 0 Å². The van der Waals surface area contributed by atoms with Crippen LogP contribution in [-0.4, -0.2) is 57.0 Å². The Morgan fingerprint density at radius 3 is 3.11 bits per heavy atom. The van der Waals surface area contributed by atoms with Crippen LogP contribution < -0.4 is 5.32 Å². The molecule has 0 bridgehead atoms. The molecule has 2 N–H and O–H groups in total. The lowest BCUT2D eigenvalue weighted by molar-refractivity contribution is 0.0837. The molecule has 8 nitrogen and oxygen atoms in total. The first-order valence-electron chi connectivity index (χ1n) is 5.86. The summed E-state index contributed by atoms with van der Waals surface area (Å²) in [7, 11) is 0. The van der Waals surface area contributed by atoms with Gasteiger partial charge in [0.1, 0.15) is 6.33 Å². The van der Waals surface area contributed by atoms with Gasteiger partial charge in [0.05, 0.1) is 31.1 Å². The molecule has 0 saturated heterocycles. The third-order valence-electron chi connectivity index (χ3n) is 2.56. The molecule has 0 aromatic carbocycles. The standard InChI is InChI=1S/C11H15N5O3/c1-8-9(6-13-11-14-7-15-16(8)11)10(18)12-2-4-19-5-3-17/h6-7,17H,2-5H2,1H3,(H,12,18). The SMILES string of the molecule is Cc1c(C(=O)NCCOCCO)cnc2ncnn12. The average Bonchev–Trinajstić information content (AvgIpc) is 2.88. The van der Waals surface area contributed by atoms with E-state index in [1.807, 2.05) is 0 Å². The average molecular weight is 265 g/mol. The summed E-state index contributed by atoms with van der Waals surface area (Å²) in [5, 5.41) is 15.2. The summed E-state index contributed by atoms with van der Waals surface area (Å²) in [5.74, 6) is 0.218. The van der Waals surface area contributed by atoms with Crippen molar-refractivity contribution >= 4 is 11.7 Å². The summed E-state index contributed by atoms with van der Waals surface area (Å²) >= 11 is 0. The Kier molecular flexibility index (Phi) is 4.37. The molecule has 0 aliphatic carbocycles. The summed E-state index contributed by atoms with van der Waals surface area (Å²) < 4.78 is 6.56. The third-order valence-corrected chi connectivity index (χ3v) is 2.56. The molecule has 0 saturated carbocycles. The number of aromatic nitrogens is 4. The van der Waals surface area contributed by atoms with Gasteiger partial charge < -0.3 is 15.2 Å². The summed E-state index contributed by atoms with van der Waals surface area (Å²) in [6.07, 6.45) is 2.86. The van der Waals surface area contributed by atoms with Crippen molar-refractivity contribution in [3.05, 3.63) is 23.8 Å². The van der Waals surface area contributed by atoms with Crippen LogP contribution in [0.2, 0.25) is 0 Å². The van der Waals surface area contributed by atoms with Crippen molar-refractivity contribution < 1.29 is 14.6 Å². The number of nitrogens with one attached hydrogen (secondary N) is 1. The van der Waals surface area contributed by atoms with Gasteiger partial charge in [0, 0.05) is 12.7 Å². The zero-order valence-corrected chi connectivity index (χ0v) is 10.5. The van der Waals surface area contributed by atoms with Gasteiger partial charge in [0.2, 0.25) is 0 Å². The highest BCUT2D eigenvalue weighted by molar-refractivity contribution is 5.95. The number of aliphatic hydroxyl groups is 1. The second-order valence-electron chi connectivity index (χ2n) is 3.82. The van der Waals surface area contributed by atoms with E-state index in [9.17, 15) is 4.79 Å². The molecule has 1 amide bonds. The minimum Gasteiger partial charge on any atom is -0.394 e. The Bertz CT molecular complexity index is 568. The normalized spacial score (nSPS) is 10.8. The lowest BCUT2D eigenvalue weighted by Gasteiger charge is -2.08. The van der Waals surface area contributed by atoms with Crippen molar-refractivity contribution in [2.24, 2.45) is 0 Å². The number of fused-ring (bicyclic) bond motifs is 1. The van der Waals surface area contributed by atoms with Crippen LogP contribution in [0.25, 0.3) is 5.78 Å². The van der Waals surface area contributed by atoms with Gasteiger partial charge >= 0.3 is 0 Å². The summed E-state index contributed by atoms with van der Waals surface area (Å²) in [5.41, 5.74) is 1.12. The molecule has 0 spiro atoms. The Morgan fingerprint density at radius 1 is 1.47 bits per heavy atom. The van der Waals surface area contributed by atoms with Crippen molar-refractivity contribution in [1.82, 2.24) is 24.9 Å². The second-order valence-corrected chi connectivity index (χ2v) is 3.82. The van der Waals surface area contributed by atoms with Crippen LogP contribution in [0.5, 0.6) is 0 Å². The molecule has 0 atom stereocenters. The van der Waals surface area contributed by atoms with Crippen LogP contribution in [0.1, 0.15) is 16.1 Å². The summed E-state index contributed by atoms with van der Waals surface area (Å²) in [6, 6.07) is 0. The van der Waals surface area contributed by atoms with Crippen LogP contribution in [0, 0.1) is 6.92 Å². The number of amides is 1. The molecule has 2 aromatic rings. The Labute approximate surface area is 109 Å². The zero-order chi connectivity index (χ0) is 13.7. The molecule has 2 aromatic heterocycles. The van der Waals surface area contributed by atoms with Gasteiger partial charge in [-0.2, -0.15) is 10.1 Å². The molecular weight excluding hydrogens is 250 g/mol. The number of hydrogen-bond donors (Lipinski definition) is 2. The van der Waals surface area contributed by atoms with Crippen LogP contribution in [0.3, 0.4) is 0 Å². The first-order chi connectivity index (χ1) is 9.24. The van der Waals surface area contributed by atoms with Crippen LogP contribution in [-0.2, 0) is 4.74 Å². The molecule has 8 heteroatoms. The number of nitrogens with zero attached hydrogens (tertiary/aromatic N) is 4. The Hall–Kier alpha value is -2.06. The van der Waals surface area contributed by atoms with Crippen molar-refractivity contribution in [2.75, 3.05) is 26.4 Å². The quantitative estimate of drug-likeness (QED) is 0.661. The minimum atomic E-state index is -0.241. The largest absolute Gasteiger partial charge is 0.394 e. The molecular formula is C11H15N5O3. The van der Waals surface area contributed by atoms with E-state index < -0.39 is 0 Å². The highest BCUT2D eigenvalue weighted by Gasteiger charge is 2.12. The van der Waals surface area contributed by atoms with Gasteiger partial charge in [-0.25, -0.2) is 9.50 Å². The number of carbonyl (C=O) groups excluding carboxylic acids is 1. The smallest absolute Gasteiger partial charge is 0.254 e. The third kappa shape index (κ3) is 3.04. The fourth-order valence-corrected chi connectivity index (χ4v) is 1.61. The maximum atomic E-state index is 11.9. The molecule has 2 heterocycles. The second kappa shape index (κ2) is 6.21. The first kappa shape index (κ1) is 13.4. The highest BCUT2D eigenvalue weighted by Crippen LogP contribution is 2.06. The monoisotopic (exact) mass is 265 g/mol. The first-order valence-corrected chi connectivity index (χ1v) is 5.86. The van der Waals surface area contributed by atoms with Gasteiger partial charge in [-0.3, -0.25) is 4.79 Å². The summed E-state index contributed by atoms with van der Waals surface area (Å²) in [4.78, 5) is 19.9. The van der Waals surface area contributed by atoms with Crippen LogP contribution in [0.4, 0.5) is 0 Å². The van der Waals surface area contributed by atoms with E-state index in [4.69, 9.17) is 9.84 Å². The predicted molar refractivity (Wildman–Crippen MR) is 65.8 cm³/mol. The Morgan fingerprint density at radius 2 is 2.32 bits per heavy atom. The fraction of sp³-hybridized carbons (Fsp3) is 0.455. The minimum absolute atomic E-state index is 0.0278. The number of rotatable bonds is 6. The number of aliphatic hydroxyl groups excluding tert-OH is 1. The van der Waals surface area contributed by atoms with E-state index in [0.29, 0.717) is 30.2 Å². The maximum Gasteiger partial charge on any atom is 0.254 e. The van der Waals surface area contributed by atoms with Crippen molar-refractivity contribution in [2.45, 2.75) is 6.92 Å². The van der Waals surface area contributed by atoms with Gasteiger partial charge in [0.25, 0.3) is 11.7 Å². The van der Waals surface area contributed by atoms with Crippen molar-refractivity contribution in [3.8, 4) is 0 Å². The lowest BCUT2D eigenvalue weighted by Crippen LogP contribution is -2.28. The number of aryl methyl sites for hydroxylation is 1. The number of ether oxygens (including phenoxy) is 1. The van der Waals surface area contributed by atoms with E-state index in [0.717, 1.165) is 0 Å². The van der Waals surface area contributed by atoms with Crippen LogP contribution in [0.15, 0.2) is 12.5 Å². The molecule has 2 rings (SSSR count). The molecule has 0 unspecified atom stereocenters. The zero-order valence-electron chi connectivity index (χ0n) is 10.5. The topological polar surface area (TPSA) is 102 Å². The predicted octanol–water partition coefficient (Wildman–Crippen LogP) is -0.829. The highest BCUT2D eigenvalue weighted by atomic mass is 16.5. The van der Waals surface area contributed by atoms with E-state index in [1.54, 1.807) is 6.92 Å². The van der Waals surface area contributed by atoms with Gasteiger partial charge in [-0.05, 0) is 6.92 Å². The fourth-order valence-electron chi connectivity index (χ4n) is 1.61. The summed E-state index contributed by atoms with van der Waals surface area (Å²) in [6.45, 7) is 2.74. The number of carbonyl (C=O) groups is 1. The maximum absolute atomic E-state index is 11.9. The molecule has 0 fully saturated rings. The van der Waals surface area contributed by atoms with Crippen LogP contribution >= 0.6 is 0 Å². The van der Waals surface area contributed by atoms with Crippen molar-refractivity contribution in [1.29, 1.82) is 0 Å². The molecule has 0 aliphatic heterocycles. The molecule has 19 heavy (non-hydrogen) atoms. The van der Waals surface area contributed by atoms with E-state index in [2.05, 4.69) is 20.4 Å². The van der Waals surface area contributed by atoms with E-state index in [-0.39, 0.29) is 19.1 Å². The van der Waals surface area contributed by atoms with Gasteiger partial charge in [-0.1, -0.05) is 0 Å². The van der Waals surface area contributed by atoms with E-state index in [1.165, 1.54) is 17.0 Å². The van der Waals surface area contributed by atoms with Crippen molar-refractivity contribution in [3.63, 3.8) is 0 Å². The van der Waals surface area contributed by atoms with E-state index >= 15 is 0 Å². The number of hydrogen-bond acceptors (Lipinski definition) is 6. The van der Waals surface area contributed by atoms with Gasteiger partial charge in [0.15, 0.2) is 0 Å².